The Labute approximate surface area is 109 Å². The summed E-state index contributed by atoms with van der Waals surface area (Å²) in [5, 5.41) is 4.31. The molecule has 0 saturated heterocycles. The van der Waals surface area contributed by atoms with Gasteiger partial charge in [-0.15, -0.1) is 0 Å². The van der Waals surface area contributed by atoms with E-state index in [-0.39, 0.29) is 0 Å². The van der Waals surface area contributed by atoms with Gasteiger partial charge in [-0.1, -0.05) is 25.1 Å². The summed E-state index contributed by atoms with van der Waals surface area (Å²) in [5.74, 6) is 0. The van der Waals surface area contributed by atoms with Crippen LogP contribution >= 0.6 is 11.8 Å². The van der Waals surface area contributed by atoms with Crippen LogP contribution in [0, 0.1) is 0 Å². The van der Waals surface area contributed by atoms with E-state index >= 15 is 0 Å². The summed E-state index contributed by atoms with van der Waals surface area (Å²) in [6.45, 7) is 4.44. The van der Waals surface area contributed by atoms with Crippen molar-refractivity contribution in [3.05, 3.63) is 34.9 Å². The normalized spacial score (nSPS) is 15.9. The van der Waals surface area contributed by atoms with Gasteiger partial charge in [0.05, 0.1) is 0 Å². The second kappa shape index (κ2) is 6.46. The van der Waals surface area contributed by atoms with Crippen molar-refractivity contribution in [1.29, 1.82) is 0 Å². The van der Waals surface area contributed by atoms with Gasteiger partial charge in [0.25, 0.3) is 0 Å². The van der Waals surface area contributed by atoms with Crippen LogP contribution in [0.2, 0.25) is 0 Å². The molecular formula is C15H23NS. The predicted molar refractivity (Wildman–Crippen MR) is 77.8 cm³/mol. The molecule has 1 aliphatic rings. The highest BCUT2D eigenvalue weighted by atomic mass is 32.2. The number of hydrogen-bond acceptors (Lipinski definition) is 2. The number of rotatable bonds is 6. The lowest BCUT2D eigenvalue weighted by Crippen LogP contribution is -2.17. The summed E-state index contributed by atoms with van der Waals surface area (Å²) in [6, 6.07) is 7.01. The average molecular weight is 249 g/mol. The van der Waals surface area contributed by atoms with E-state index in [1.165, 1.54) is 31.2 Å². The minimum absolute atomic E-state index is 0.766. The van der Waals surface area contributed by atoms with E-state index in [1.54, 1.807) is 11.1 Å². The molecule has 1 aromatic rings. The largest absolute Gasteiger partial charge is 0.313 e. The number of thioether (sulfide) groups is 1. The van der Waals surface area contributed by atoms with Crippen molar-refractivity contribution in [3.8, 4) is 0 Å². The van der Waals surface area contributed by atoms with Gasteiger partial charge in [-0.25, -0.2) is 0 Å². The van der Waals surface area contributed by atoms with Crippen LogP contribution in [0.3, 0.4) is 0 Å². The molecule has 0 aromatic heterocycles. The Hall–Kier alpha value is -0.470. The van der Waals surface area contributed by atoms with E-state index < -0.39 is 0 Å². The van der Waals surface area contributed by atoms with Crippen molar-refractivity contribution in [2.24, 2.45) is 0 Å². The molecule has 0 fully saturated rings. The first-order chi connectivity index (χ1) is 8.29. The fourth-order valence-electron chi connectivity index (χ4n) is 2.39. The number of benzene rings is 1. The van der Waals surface area contributed by atoms with Gasteiger partial charge < -0.3 is 5.32 Å². The minimum atomic E-state index is 0.766. The van der Waals surface area contributed by atoms with Crippen LogP contribution < -0.4 is 5.32 Å². The molecule has 0 amide bonds. The lowest BCUT2D eigenvalue weighted by atomic mass is 10.1. The van der Waals surface area contributed by atoms with E-state index in [9.17, 15) is 0 Å². The Kier molecular flexibility index (Phi) is 4.93. The summed E-state index contributed by atoms with van der Waals surface area (Å²) < 4.78 is 0. The molecular weight excluding hydrogens is 226 g/mol. The Bertz CT molecular complexity index is 362. The SMILES string of the molecule is CSC(C)CCNCc1ccc2c(c1)CCC2. The Morgan fingerprint density at radius 2 is 2.12 bits per heavy atom. The molecule has 2 rings (SSSR count). The second-order valence-electron chi connectivity index (χ2n) is 4.97. The summed E-state index contributed by atoms with van der Waals surface area (Å²) in [4.78, 5) is 0. The number of nitrogens with one attached hydrogen (secondary N) is 1. The van der Waals surface area contributed by atoms with Gasteiger partial charge in [-0.05, 0) is 55.2 Å². The first-order valence-corrected chi connectivity index (χ1v) is 7.92. The van der Waals surface area contributed by atoms with Crippen LogP contribution in [0.15, 0.2) is 18.2 Å². The quantitative estimate of drug-likeness (QED) is 0.775. The third kappa shape index (κ3) is 3.75. The number of hydrogen-bond donors (Lipinski definition) is 1. The Morgan fingerprint density at radius 3 is 2.94 bits per heavy atom. The fraction of sp³-hybridized carbons (Fsp3) is 0.600. The van der Waals surface area contributed by atoms with Gasteiger partial charge in [0.15, 0.2) is 0 Å². The fourth-order valence-corrected chi connectivity index (χ4v) is 2.74. The molecule has 0 heterocycles. The maximum absolute atomic E-state index is 3.54. The molecule has 1 aliphatic carbocycles. The number of fused-ring (bicyclic) bond motifs is 1. The van der Waals surface area contributed by atoms with Crippen molar-refractivity contribution < 1.29 is 0 Å². The van der Waals surface area contributed by atoms with Gasteiger partial charge in [0, 0.05) is 11.8 Å². The summed E-state index contributed by atoms with van der Waals surface area (Å²) >= 11 is 1.95. The van der Waals surface area contributed by atoms with Crippen LogP contribution in [0.1, 0.15) is 36.5 Å². The van der Waals surface area contributed by atoms with Crippen molar-refractivity contribution in [3.63, 3.8) is 0 Å². The Morgan fingerprint density at radius 1 is 1.29 bits per heavy atom. The van der Waals surface area contributed by atoms with Crippen LogP contribution in [-0.2, 0) is 19.4 Å². The summed E-state index contributed by atoms with van der Waals surface area (Å²) in [6.07, 6.45) is 7.36. The van der Waals surface area contributed by atoms with Crippen molar-refractivity contribution in [2.45, 2.75) is 44.4 Å². The second-order valence-corrected chi connectivity index (χ2v) is 6.24. The highest BCUT2D eigenvalue weighted by molar-refractivity contribution is 7.99. The van der Waals surface area contributed by atoms with Crippen molar-refractivity contribution >= 4 is 11.8 Å². The molecule has 1 N–H and O–H groups in total. The van der Waals surface area contributed by atoms with Crippen LogP contribution in [0.4, 0.5) is 0 Å². The molecule has 0 aliphatic heterocycles. The number of aryl methyl sites for hydroxylation is 2. The molecule has 1 unspecified atom stereocenters. The van der Waals surface area contributed by atoms with Gasteiger partial charge in [0.1, 0.15) is 0 Å². The van der Waals surface area contributed by atoms with Crippen molar-refractivity contribution in [1.82, 2.24) is 5.32 Å². The summed E-state index contributed by atoms with van der Waals surface area (Å²) in [5.41, 5.74) is 4.61. The topological polar surface area (TPSA) is 12.0 Å². The third-order valence-electron chi connectivity index (χ3n) is 3.62. The zero-order valence-electron chi connectivity index (χ0n) is 11.0. The molecule has 1 aromatic carbocycles. The van der Waals surface area contributed by atoms with Crippen molar-refractivity contribution in [2.75, 3.05) is 12.8 Å². The van der Waals surface area contributed by atoms with E-state index in [2.05, 4.69) is 36.7 Å². The molecule has 0 radical (unpaired) electrons. The average Bonchev–Trinajstić information content (AvgIpc) is 2.81. The maximum Gasteiger partial charge on any atom is 0.0205 e. The molecule has 17 heavy (non-hydrogen) atoms. The van der Waals surface area contributed by atoms with Gasteiger partial charge in [-0.3, -0.25) is 0 Å². The Balaban J connectivity index is 1.76. The lowest BCUT2D eigenvalue weighted by molar-refractivity contribution is 0.648. The molecule has 0 bridgehead atoms. The predicted octanol–water partition coefficient (Wildman–Crippen LogP) is 3.41. The van der Waals surface area contributed by atoms with E-state index in [1.807, 2.05) is 11.8 Å². The van der Waals surface area contributed by atoms with E-state index in [4.69, 9.17) is 0 Å². The van der Waals surface area contributed by atoms with Gasteiger partial charge >= 0.3 is 0 Å². The molecule has 1 atom stereocenters. The molecule has 94 valence electrons. The molecule has 1 nitrogen and oxygen atoms in total. The van der Waals surface area contributed by atoms with E-state index in [0.29, 0.717) is 0 Å². The standard InChI is InChI=1S/C15H23NS/c1-12(17-2)8-9-16-11-13-6-7-14-4-3-5-15(14)10-13/h6-7,10,12,16H,3-5,8-9,11H2,1-2H3. The van der Waals surface area contributed by atoms with Crippen LogP contribution in [-0.4, -0.2) is 18.1 Å². The monoisotopic (exact) mass is 249 g/mol. The smallest absolute Gasteiger partial charge is 0.0205 e. The van der Waals surface area contributed by atoms with Crippen LogP contribution in [0.25, 0.3) is 0 Å². The molecule has 0 spiro atoms. The zero-order chi connectivity index (χ0) is 12.1. The minimum Gasteiger partial charge on any atom is -0.313 e. The van der Waals surface area contributed by atoms with Crippen LogP contribution in [0.5, 0.6) is 0 Å². The maximum atomic E-state index is 3.54. The summed E-state index contributed by atoms with van der Waals surface area (Å²) in [7, 11) is 0. The third-order valence-corrected chi connectivity index (χ3v) is 4.66. The highest BCUT2D eigenvalue weighted by Gasteiger charge is 2.10. The van der Waals surface area contributed by atoms with Gasteiger partial charge in [0.2, 0.25) is 0 Å². The lowest BCUT2D eigenvalue weighted by Gasteiger charge is -2.10. The van der Waals surface area contributed by atoms with Gasteiger partial charge in [-0.2, -0.15) is 11.8 Å². The van der Waals surface area contributed by atoms with E-state index in [0.717, 1.165) is 18.3 Å². The zero-order valence-corrected chi connectivity index (χ0v) is 11.8. The molecule has 2 heteroatoms. The highest BCUT2D eigenvalue weighted by Crippen LogP contribution is 2.22. The first-order valence-electron chi connectivity index (χ1n) is 6.64. The first kappa shape index (κ1) is 13.0. The molecule has 0 saturated carbocycles.